The number of carbonyl (C=O) groups excluding carboxylic acids is 1. The summed E-state index contributed by atoms with van der Waals surface area (Å²) in [5.74, 6) is 0.934. The standard InChI is InChI=1S/C21H27N3O/c1-23(16-20-8-5-11-22-15-20)17-21(25)24-12-9-19(10-13-24)14-18-6-3-2-4-7-18/h2-8,11,15,19H,9-10,12-14,16-17H2,1H3. The SMILES string of the molecule is CN(CC(=O)N1CCC(Cc2ccccc2)CC1)Cc1cccnc1. The zero-order valence-electron chi connectivity index (χ0n) is 15.0. The van der Waals surface area contributed by atoms with Crippen LogP contribution in [-0.2, 0) is 17.8 Å². The molecule has 1 aromatic carbocycles. The number of carbonyl (C=O) groups is 1. The average molecular weight is 337 g/mol. The lowest BCUT2D eigenvalue weighted by molar-refractivity contribution is -0.133. The van der Waals surface area contributed by atoms with E-state index in [-0.39, 0.29) is 5.91 Å². The molecule has 1 fully saturated rings. The minimum Gasteiger partial charge on any atom is -0.342 e. The van der Waals surface area contributed by atoms with E-state index in [0.29, 0.717) is 12.5 Å². The quantitative estimate of drug-likeness (QED) is 0.813. The van der Waals surface area contributed by atoms with Crippen LogP contribution in [0.3, 0.4) is 0 Å². The van der Waals surface area contributed by atoms with Crippen molar-refractivity contribution in [3.8, 4) is 0 Å². The monoisotopic (exact) mass is 337 g/mol. The number of aromatic nitrogens is 1. The largest absolute Gasteiger partial charge is 0.342 e. The number of benzene rings is 1. The topological polar surface area (TPSA) is 36.4 Å². The first-order valence-corrected chi connectivity index (χ1v) is 9.10. The molecule has 4 heteroatoms. The Morgan fingerprint density at radius 2 is 1.84 bits per heavy atom. The van der Waals surface area contributed by atoms with Crippen molar-refractivity contribution in [2.75, 3.05) is 26.7 Å². The van der Waals surface area contributed by atoms with Gasteiger partial charge in [0.05, 0.1) is 6.54 Å². The van der Waals surface area contributed by atoms with E-state index in [2.05, 4.69) is 40.2 Å². The van der Waals surface area contributed by atoms with Crippen molar-refractivity contribution in [2.24, 2.45) is 5.92 Å². The van der Waals surface area contributed by atoms with Gasteiger partial charge in [-0.3, -0.25) is 14.7 Å². The Hall–Kier alpha value is -2.20. The fourth-order valence-corrected chi connectivity index (χ4v) is 3.52. The molecule has 1 aromatic heterocycles. The van der Waals surface area contributed by atoms with E-state index in [9.17, 15) is 4.79 Å². The summed E-state index contributed by atoms with van der Waals surface area (Å²) in [5.41, 5.74) is 2.54. The van der Waals surface area contributed by atoms with Crippen LogP contribution in [0.15, 0.2) is 54.9 Å². The number of likely N-dealkylation sites (tertiary alicyclic amines) is 1. The molecular formula is C21H27N3O. The minimum absolute atomic E-state index is 0.240. The summed E-state index contributed by atoms with van der Waals surface area (Å²) < 4.78 is 0. The lowest BCUT2D eigenvalue weighted by Gasteiger charge is -2.33. The molecule has 0 saturated carbocycles. The smallest absolute Gasteiger partial charge is 0.236 e. The highest BCUT2D eigenvalue weighted by Crippen LogP contribution is 2.21. The number of piperidine rings is 1. The maximum Gasteiger partial charge on any atom is 0.236 e. The summed E-state index contributed by atoms with van der Waals surface area (Å²) in [6, 6.07) is 14.6. The van der Waals surface area contributed by atoms with Gasteiger partial charge in [-0.2, -0.15) is 0 Å². The van der Waals surface area contributed by atoms with E-state index < -0.39 is 0 Å². The third-order valence-corrected chi connectivity index (χ3v) is 4.91. The van der Waals surface area contributed by atoms with E-state index in [1.165, 1.54) is 5.56 Å². The number of pyridine rings is 1. The fourth-order valence-electron chi connectivity index (χ4n) is 3.52. The van der Waals surface area contributed by atoms with Gasteiger partial charge in [-0.1, -0.05) is 36.4 Å². The Balaban J connectivity index is 1.42. The second-order valence-corrected chi connectivity index (χ2v) is 7.05. The number of hydrogen-bond acceptors (Lipinski definition) is 3. The van der Waals surface area contributed by atoms with Crippen molar-refractivity contribution in [2.45, 2.75) is 25.8 Å². The Morgan fingerprint density at radius 1 is 1.12 bits per heavy atom. The van der Waals surface area contributed by atoms with E-state index in [0.717, 1.165) is 44.5 Å². The number of nitrogens with zero attached hydrogens (tertiary/aromatic N) is 3. The molecule has 25 heavy (non-hydrogen) atoms. The van der Waals surface area contributed by atoms with Crippen LogP contribution in [0.4, 0.5) is 0 Å². The van der Waals surface area contributed by atoms with Crippen molar-refractivity contribution in [1.29, 1.82) is 0 Å². The molecule has 0 spiro atoms. The van der Waals surface area contributed by atoms with Crippen LogP contribution in [0.5, 0.6) is 0 Å². The van der Waals surface area contributed by atoms with Crippen molar-refractivity contribution in [1.82, 2.24) is 14.8 Å². The Labute approximate surface area is 150 Å². The van der Waals surface area contributed by atoms with Gasteiger partial charge in [-0.25, -0.2) is 0 Å². The number of likely N-dealkylation sites (N-methyl/N-ethyl adjacent to an activating group) is 1. The van der Waals surface area contributed by atoms with Crippen LogP contribution in [0, 0.1) is 5.92 Å². The van der Waals surface area contributed by atoms with Crippen LogP contribution in [0.1, 0.15) is 24.0 Å². The molecule has 1 saturated heterocycles. The van der Waals surface area contributed by atoms with Crippen molar-refractivity contribution >= 4 is 5.91 Å². The predicted molar refractivity (Wildman–Crippen MR) is 100 cm³/mol. The second-order valence-electron chi connectivity index (χ2n) is 7.05. The maximum absolute atomic E-state index is 12.5. The Bertz CT molecular complexity index is 651. The third-order valence-electron chi connectivity index (χ3n) is 4.91. The zero-order valence-corrected chi connectivity index (χ0v) is 15.0. The zero-order chi connectivity index (χ0) is 17.5. The Morgan fingerprint density at radius 3 is 2.52 bits per heavy atom. The Kier molecular flexibility index (Phi) is 6.18. The summed E-state index contributed by atoms with van der Waals surface area (Å²) in [6.07, 6.45) is 6.97. The lowest BCUT2D eigenvalue weighted by Crippen LogP contribution is -2.43. The number of amides is 1. The molecule has 0 radical (unpaired) electrons. The van der Waals surface area contributed by atoms with Gasteiger partial charge >= 0.3 is 0 Å². The first-order valence-electron chi connectivity index (χ1n) is 9.10. The van der Waals surface area contributed by atoms with E-state index in [4.69, 9.17) is 0 Å². The first kappa shape index (κ1) is 17.6. The molecule has 0 aliphatic carbocycles. The van der Waals surface area contributed by atoms with Gasteiger partial charge in [-0.15, -0.1) is 0 Å². The second kappa shape index (κ2) is 8.77. The molecule has 2 heterocycles. The highest BCUT2D eigenvalue weighted by molar-refractivity contribution is 5.78. The first-order chi connectivity index (χ1) is 12.2. The summed E-state index contributed by atoms with van der Waals surface area (Å²) in [7, 11) is 1.99. The van der Waals surface area contributed by atoms with E-state index >= 15 is 0 Å². The predicted octanol–water partition coefficient (Wildman–Crippen LogP) is 2.99. The third kappa shape index (κ3) is 5.40. The molecule has 1 aliphatic rings. The van der Waals surface area contributed by atoms with Crippen LogP contribution in [0.2, 0.25) is 0 Å². The number of rotatable bonds is 6. The fraction of sp³-hybridized carbons (Fsp3) is 0.429. The van der Waals surface area contributed by atoms with Gasteiger partial charge in [0, 0.05) is 32.0 Å². The molecule has 2 aromatic rings. The molecule has 132 valence electrons. The molecule has 0 atom stereocenters. The molecular weight excluding hydrogens is 310 g/mol. The highest BCUT2D eigenvalue weighted by Gasteiger charge is 2.23. The number of hydrogen-bond donors (Lipinski definition) is 0. The van der Waals surface area contributed by atoms with Gasteiger partial charge in [0.25, 0.3) is 0 Å². The average Bonchev–Trinajstić information content (AvgIpc) is 2.64. The minimum atomic E-state index is 0.240. The summed E-state index contributed by atoms with van der Waals surface area (Å²) in [6.45, 7) is 3.00. The lowest BCUT2D eigenvalue weighted by atomic mass is 9.90. The molecule has 1 amide bonds. The normalized spacial score (nSPS) is 15.5. The molecule has 1 aliphatic heterocycles. The molecule has 0 bridgehead atoms. The summed E-state index contributed by atoms with van der Waals surface area (Å²) in [4.78, 5) is 20.8. The van der Waals surface area contributed by atoms with Gasteiger partial charge in [0.2, 0.25) is 5.91 Å². The van der Waals surface area contributed by atoms with Crippen molar-refractivity contribution < 1.29 is 4.79 Å². The van der Waals surface area contributed by atoms with Gasteiger partial charge < -0.3 is 4.90 Å². The maximum atomic E-state index is 12.5. The van der Waals surface area contributed by atoms with Crippen LogP contribution >= 0.6 is 0 Å². The van der Waals surface area contributed by atoms with Gasteiger partial charge in [-0.05, 0) is 49.4 Å². The van der Waals surface area contributed by atoms with Gasteiger partial charge in [0.1, 0.15) is 0 Å². The molecule has 3 rings (SSSR count). The van der Waals surface area contributed by atoms with Crippen molar-refractivity contribution in [3.05, 3.63) is 66.0 Å². The van der Waals surface area contributed by atoms with Crippen LogP contribution < -0.4 is 0 Å². The summed E-state index contributed by atoms with van der Waals surface area (Å²) >= 11 is 0. The summed E-state index contributed by atoms with van der Waals surface area (Å²) in [5, 5.41) is 0. The molecule has 0 unspecified atom stereocenters. The van der Waals surface area contributed by atoms with E-state index in [1.54, 1.807) is 6.20 Å². The van der Waals surface area contributed by atoms with Crippen molar-refractivity contribution in [3.63, 3.8) is 0 Å². The molecule has 0 N–H and O–H groups in total. The highest BCUT2D eigenvalue weighted by atomic mass is 16.2. The van der Waals surface area contributed by atoms with Crippen LogP contribution in [0.25, 0.3) is 0 Å². The van der Waals surface area contributed by atoms with Crippen LogP contribution in [-0.4, -0.2) is 47.4 Å². The van der Waals surface area contributed by atoms with Gasteiger partial charge in [0.15, 0.2) is 0 Å². The van der Waals surface area contributed by atoms with E-state index in [1.807, 2.05) is 30.3 Å². The molecule has 4 nitrogen and oxygen atoms in total.